The molecular formula is C32H32ClFN4O5. The maximum Gasteiger partial charge on any atom is 0.335 e. The molecule has 2 amide bonds. The van der Waals surface area contributed by atoms with E-state index in [1.165, 1.54) is 36.3 Å². The van der Waals surface area contributed by atoms with Crippen LogP contribution in [0.25, 0.3) is 0 Å². The van der Waals surface area contributed by atoms with Gasteiger partial charge in [0.05, 0.1) is 47.5 Å². The number of hydrogen-bond donors (Lipinski definition) is 2. The number of carboxylic acids is 1. The summed E-state index contributed by atoms with van der Waals surface area (Å²) in [5.74, 6) is -3.28. The number of aryl methyl sites for hydroxylation is 1. The Hall–Kier alpha value is -4.02. The summed E-state index contributed by atoms with van der Waals surface area (Å²) >= 11 is 6.31. The number of hydrogen-bond acceptors (Lipinski definition) is 6. The summed E-state index contributed by atoms with van der Waals surface area (Å²) in [4.78, 5) is 48.9. The van der Waals surface area contributed by atoms with Crippen molar-refractivity contribution in [2.75, 3.05) is 24.0 Å². The largest absolute Gasteiger partial charge is 0.495 e. The molecule has 4 heterocycles. The summed E-state index contributed by atoms with van der Waals surface area (Å²) < 4.78 is 21.6. The highest BCUT2D eigenvalue weighted by atomic mass is 35.5. The van der Waals surface area contributed by atoms with Crippen LogP contribution < -0.4 is 15.0 Å². The quantitative estimate of drug-likeness (QED) is 0.402. The van der Waals surface area contributed by atoms with Crippen molar-refractivity contribution in [1.82, 2.24) is 9.88 Å². The molecule has 2 N–H and O–H groups in total. The number of carbonyl (C=O) groups excluding carboxylic acids is 2. The van der Waals surface area contributed by atoms with E-state index in [2.05, 4.69) is 26.1 Å². The molecule has 0 bridgehead atoms. The number of methoxy groups -OCH3 is 1. The highest BCUT2D eigenvalue weighted by Crippen LogP contribution is 2.61. The summed E-state index contributed by atoms with van der Waals surface area (Å²) in [5.41, 5.74) is 0.744. The number of rotatable bonds is 5. The Labute approximate surface area is 253 Å². The molecule has 6 rings (SSSR count). The number of nitrogens with one attached hydrogen (secondary N) is 1. The van der Waals surface area contributed by atoms with Gasteiger partial charge in [-0.05, 0) is 60.2 Å². The Bertz CT molecular complexity index is 1690. The van der Waals surface area contributed by atoms with Gasteiger partial charge in [0.25, 0.3) is 0 Å². The second-order valence-electron chi connectivity index (χ2n) is 12.7. The van der Waals surface area contributed by atoms with E-state index in [1.807, 2.05) is 17.9 Å². The highest BCUT2D eigenvalue weighted by molar-refractivity contribution is 6.30. The molecule has 2 saturated heterocycles. The minimum absolute atomic E-state index is 0.0109. The van der Waals surface area contributed by atoms with Gasteiger partial charge < -0.3 is 15.2 Å². The van der Waals surface area contributed by atoms with Crippen molar-refractivity contribution >= 4 is 40.8 Å². The molecule has 1 spiro atoms. The lowest BCUT2D eigenvalue weighted by atomic mass is 9.63. The maximum absolute atomic E-state index is 16.1. The third kappa shape index (κ3) is 4.30. The molecule has 43 heavy (non-hydrogen) atoms. The molecule has 0 radical (unpaired) electrons. The highest BCUT2D eigenvalue weighted by Gasteiger charge is 2.72. The van der Waals surface area contributed by atoms with Crippen molar-refractivity contribution in [3.63, 3.8) is 0 Å². The Morgan fingerprint density at radius 2 is 1.98 bits per heavy atom. The third-order valence-corrected chi connectivity index (χ3v) is 9.09. The minimum Gasteiger partial charge on any atom is -0.495 e. The van der Waals surface area contributed by atoms with E-state index in [9.17, 15) is 19.5 Å². The number of ether oxygens (including phenoxy) is 1. The van der Waals surface area contributed by atoms with Gasteiger partial charge in [0.15, 0.2) is 0 Å². The van der Waals surface area contributed by atoms with E-state index in [-0.39, 0.29) is 45.8 Å². The van der Waals surface area contributed by atoms with Crippen LogP contribution in [0.2, 0.25) is 5.02 Å². The van der Waals surface area contributed by atoms with Gasteiger partial charge in [0, 0.05) is 18.2 Å². The Morgan fingerprint density at radius 3 is 2.65 bits per heavy atom. The monoisotopic (exact) mass is 606 g/mol. The van der Waals surface area contributed by atoms with E-state index >= 15 is 4.39 Å². The summed E-state index contributed by atoms with van der Waals surface area (Å²) in [6.07, 6.45) is 2.17. The van der Waals surface area contributed by atoms with Crippen LogP contribution in [0.3, 0.4) is 0 Å². The van der Waals surface area contributed by atoms with E-state index in [0.29, 0.717) is 23.5 Å². The first-order valence-electron chi connectivity index (χ1n) is 14.0. The molecule has 11 heteroatoms. The van der Waals surface area contributed by atoms with Gasteiger partial charge in [-0.1, -0.05) is 44.5 Å². The molecule has 224 valence electrons. The average Bonchev–Trinajstić information content (AvgIpc) is 3.52. The second-order valence-corrected chi connectivity index (χ2v) is 13.1. The molecule has 1 aromatic heterocycles. The Balaban J connectivity index is 1.60. The van der Waals surface area contributed by atoms with Crippen molar-refractivity contribution < 1.29 is 28.6 Å². The van der Waals surface area contributed by atoms with Crippen molar-refractivity contribution in [1.29, 1.82) is 0 Å². The molecule has 4 atom stereocenters. The summed E-state index contributed by atoms with van der Waals surface area (Å²) in [5, 5.41) is 12.4. The van der Waals surface area contributed by atoms with Crippen LogP contribution in [0.5, 0.6) is 5.75 Å². The number of aromatic nitrogens is 1. The van der Waals surface area contributed by atoms with Crippen molar-refractivity contribution in [3.8, 4) is 5.75 Å². The molecular weight excluding hydrogens is 575 g/mol. The molecule has 3 aliphatic heterocycles. The number of pyridine rings is 1. The number of halogens is 2. The van der Waals surface area contributed by atoms with E-state index in [4.69, 9.17) is 21.3 Å². The van der Waals surface area contributed by atoms with E-state index in [0.717, 1.165) is 5.56 Å². The normalized spacial score (nSPS) is 24.8. The predicted octanol–water partition coefficient (Wildman–Crippen LogP) is 5.36. The first-order valence-corrected chi connectivity index (χ1v) is 14.4. The van der Waals surface area contributed by atoms with Gasteiger partial charge in [-0.3, -0.25) is 24.4 Å². The predicted molar refractivity (Wildman–Crippen MR) is 159 cm³/mol. The lowest BCUT2D eigenvalue weighted by molar-refractivity contribution is -0.122. The molecule has 1 unspecified atom stereocenters. The minimum atomic E-state index is -1.40. The molecule has 9 nitrogen and oxygen atoms in total. The summed E-state index contributed by atoms with van der Waals surface area (Å²) in [6.45, 7) is 8.12. The molecule has 2 aromatic carbocycles. The number of fused-ring (bicyclic) bond motifs is 3. The zero-order valence-corrected chi connectivity index (χ0v) is 25.2. The van der Waals surface area contributed by atoms with Crippen LogP contribution in [0.15, 0.2) is 48.7 Å². The fourth-order valence-electron chi connectivity index (χ4n) is 7.15. The van der Waals surface area contributed by atoms with Crippen LogP contribution in [0, 0.1) is 18.2 Å². The number of aromatic carboxylic acids is 1. The lowest BCUT2D eigenvalue weighted by Crippen LogP contribution is -2.52. The van der Waals surface area contributed by atoms with Crippen molar-refractivity contribution in [2.24, 2.45) is 5.41 Å². The average molecular weight is 607 g/mol. The van der Waals surface area contributed by atoms with Gasteiger partial charge in [-0.25, -0.2) is 9.18 Å². The third-order valence-electron chi connectivity index (χ3n) is 8.79. The SMILES string of the molecule is COc1cc(C(=O)O)ccc1N1CN2[C@@H](CC(C)(C)C)C3(C(=O)Nc4cc(C)cnc43)[C@@H](c3cccc(Cl)c3F)[C@@H]2C1=O. The summed E-state index contributed by atoms with van der Waals surface area (Å²) in [6, 6.07) is 9.29. The van der Waals surface area contributed by atoms with Gasteiger partial charge in [0.2, 0.25) is 11.8 Å². The topological polar surface area (TPSA) is 112 Å². The van der Waals surface area contributed by atoms with Crippen LogP contribution >= 0.6 is 11.6 Å². The summed E-state index contributed by atoms with van der Waals surface area (Å²) in [7, 11) is 1.40. The molecule has 3 aliphatic rings. The first kappa shape index (κ1) is 29.1. The van der Waals surface area contributed by atoms with E-state index in [1.54, 1.807) is 18.3 Å². The molecule has 3 aromatic rings. The van der Waals surface area contributed by atoms with Gasteiger partial charge >= 0.3 is 5.97 Å². The standard InChI is InChI=1S/C32H32ClFN4O5/c1-16-11-20-27(35-14-16)32(30(42)36-20)23(13-31(2,3)4)38-15-37(21-10-9-17(29(40)41)12-22(21)43-5)28(39)26(38)24(32)18-7-6-8-19(33)25(18)34/h6-12,14,23-24,26H,13,15H2,1-5H3,(H,36,42)(H,40,41)/t23-,24-,26+,32?/m0/s1. The molecule has 2 fully saturated rings. The number of benzene rings is 2. The van der Waals surface area contributed by atoms with Gasteiger partial charge in [0.1, 0.15) is 17.0 Å². The fourth-order valence-corrected chi connectivity index (χ4v) is 7.34. The fraction of sp³-hybridized carbons (Fsp3) is 0.375. The number of anilines is 2. The maximum atomic E-state index is 16.1. The van der Waals surface area contributed by atoms with Gasteiger partial charge in [-0.2, -0.15) is 0 Å². The number of amides is 2. The molecule has 0 saturated carbocycles. The lowest BCUT2D eigenvalue weighted by Gasteiger charge is -2.39. The zero-order chi connectivity index (χ0) is 31.0. The number of carboxylic acid groups (broad SMARTS) is 1. The first-order chi connectivity index (χ1) is 20.3. The Morgan fingerprint density at radius 1 is 1.23 bits per heavy atom. The van der Waals surface area contributed by atoms with Gasteiger partial charge in [-0.15, -0.1) is 0 Å². The second kappa shape index (κ2) is 10.0. The van der Waals surface area contributed by atoms with Crippen LogP contribution in [-0.4, -0.2) is 58.6 Å². The van der Waals surface area contributed by atoms with Crippen molar-refractivity contribution in [2.45, 2.75) is 57.5 Å². The number of nitrogens with zero attached hydrogens (tertiary/aromatic N) is 3. The smallest absolute Gasteiger partial charge is 0.335 e. The molecule has 0 aliphatic carbocycles. The number of carbonyl (C=O) groups is 3. The zero-order valence-electron chi connectivity index (χ0n) is 24.4. The van der Waals surface area contributed by atoms with Crippen LogP contribution in [0.1, 0.15) is 60.3 Å². The van der Waals surface area contributed by atoms with E-state index < -0.39 is 35.2 Å². The van der Waals surface area contributed by atoms with Crippen LogP contribution in [0.4, 0.5) is 15.8 Å². The van der Waals surface area contributed by atoms with Crippen LogP contribution in [-0.2, 0) is 15.0 Å². The van der Waals surface area contributed by atoms with Crippen molar-refractivity contribution in [3.05, 3.63) is 81.9 Å². The Kier molecular flexibility index (Phi) is 6.78.